The molecule has 1 aromatic heterocycles. The van der Waals surface area contributed by atoms with Gasteiger partial charge in [0.05, 0.1) is 12.8 Å². The van der Waals surface area contributed by atoms with Gasteiger partial charge in [-0.05, 0) is 43.8 Å². The lowest BCUT2D eigenvalue weighted by Crippen LogP contribution is -2.25. The lowest BCUT2D eigenvalue weighted by Gasteiger charge is -2.23. The SMILES string of the molecule is CC1(C)CCCN(Cc2ccoc2CN)CC1. The van der Waals surface area contributed by atoms with Gasteiger partial charge < -0.3 is 10.2 Å². The van der Waals surface area contributed by atoms with Crippen LogP contribution in [0.5, 0.6) is 0 Å². The average Bonchev–Trinajstić information content (AvgIpc) is 2.65. The minimum atomic E-state index is 0.502. The third-order valence-corrected chi connectivity index (χ3v) is 3.85. The van der Waals surface area contributed by atoms with E-state index < -0.39 is 0 Å². The molecule has 3 heteroatoms. The van der Waals surface area contributed by atoms with Crippen molar-refractivity contribution in [3.8, 4) is 0 Å². The number of hydrogen-bond acceptors (Lipinski definition) is 3. The van der Waals surface area contributed by atoms with Crippen molar-refractivity contribution in [3.05, 3.63) is 23.7 Å². The van der Waals surface area contributed by atoms with E-state index in [4.69, 9.17) is 10.2 Å². The fourth-order valence-electron chi connectivity index (χ4n) is 2.56. The molecular formula is C14H24N2O. The van der Waals surface area contributed by atoms with E-state index in [0.29, 0.717) is 12.0 Å². The van der Waals surface area contributed by atoms with Crippen molar-refractivity contribution in [1.82, 2.24) is 4.90 Å². The molecule has 1 aliphatic heterocycles. The van der Waals surface area contributed by atoms with Crippen LogP contribution in [0.2, 0.25) is 0 Å². The van der Waals surface area contributed by atoms with E-state index >= 15 is 0 Å². The van der Waals surface area contributed by atoms with Crippen LogP contribution in [0.4, 0.5) is 0 Å². The summed E-state index contributed by atoms with van der Waals surface area (Å²) in [6.07, 6.45) is 5.66. The maximum absolute atomic E-state index is 5.66. The summed E-state index contributed by atoms with van der Waals surface area (Å²) in [5.74, 6) is 0.938. The standard InChI is InChI=1S/C14H24N2O/c1-14(2)5-3-7-16(8-6-14)11-12-4-9-17-13(12)10-15/h4,9H,3,5-8,10-11,15H2,1-2H3. The Morgan fingerprint density at radius 2 is 2.18 bits per heavy atom. The van der Waals surface area contributed by atoms with Crippen LogP contribution >= 0.6 is 0 Å². The molecule has 2 heterocycles. The number of likely N-dealkylation sites (tertiary alicyclic amines) is 1. The first-order valence-electron chi connectivity index (χ1n) is 6.58. The summed E-state index contributed by atoms with van der Waals surface area (Å²) < 4.78 is 5.38. The second kappa shape index (κ2) is 5.23. The van der Waals surface area contributed by atoms with E-state index in [-0.39, 0.29) is 0 Å². The van der Waals surface area contributed by atoms with Gasteiger partial charge in [0.2, 0.25) is 0 Å². The topological polar surface area (TPSA) is 42.4 Å². The van der Waals surface area contributed by atoms with Crippen LogP contribution in [0.3, 0.4) is 0 Å². The van der Waals surface area contributed by atoms with Crippen molar-refractivity contribution in [2.75, 3.05) is 13.1 Å². The molecule has 2 N–H and O–H groups in total. The van der Waals surface area contributed by atoms with Gasteiger partial charge in [-0.2, -0.15) is 0 Å². The molecule has 0 radical (unpaired) electrons. The normalized spacial score (nSPS) is 21.4. The lowest BCUT2D eigenvalue weighted by atomic mass is 9.85. The molecule has 3 nitrogen and oxygen atoms in total. The number of furan rings is 1. The Hall–Kier alpha value is -0.800. The monoisotopic (exact) mass is 236 g/mol. The minimum Gasteiger partial charge on any atom is -0.468 e. The van der Waals surface area contributed by atoms with Gasteiger partial charge in [-0.15, -0.1) is 0 Å². The Morgan fingerprint density at radius 3 is 2.94 bits per heavy atom. The fourth-order valence-corrected chi connectivity index (χ4v) is 2.56. The molecule has 0 amide bonds. The van der Waals surface area contributed by atoms with E-state index in [1.807, 2.05) is 0 Å². The largest absolute Gasteiger partial charge is 0.468 e. The fraction of sp³-hybridized carbons (Fsp3) is 0.714. The average molecular weight is 236 g/mol. The molecule has 0 aliphatic carbocycles. The first-order valence-corrected chi connectivity index (χ1v) is 6.58. The van der Waals surface area contributed by atoms with Gasteiger partial charge in [-0.3, -0.25) is 4.90 Å². The summed E-state index contributed by atoms with van der Waals surface area (Å²) >= 11 is 0. The van der Waals surface area contributed by atoms with Crippen LogP contribution in [-0.4, -0.2) is 18.0 Å². The van der Waals surface area contributed by atoms with Crippen LogP contribution < -0.4 is 5.73 Å². The Labute approximate surface area is 104 Å². The lowest BCUT2D eigenvalue weighted by molar-refractivity contribution is 0.254. The van der Waals surface area contributed by atoms with E-state index in [9.17, 15) is 0 Å². The third kappa shape index (κ3) is 3.33. The van der Waals surface area contributed by atoms with Gasteiger partial charge in [-0.1, -0.05) is 13.8 Å². The van der Waals surface area contributed by atoms with E-state index in [2.05, 4.69) is 24.8 Å². The molecule has 0 bridgehead atoms. The molecule has 0 atom stereocenters. The highest BCUT2D eigenvalue weighted by molar-refractivity contribution is 5.16. The van der Waals surface area contributed by atoms with E-state index in [0.717, 1.165) is 12.3 Å². The maximum Gasteiger partial charge on any atom is 0.121 e. The molecule has 96 valence electrons. The smallest absolute Gasteiger partial charge is 0.121 e. The zero-order valence-corrected chi connectivity index (χ0v) is 11.0. The van der Waals surface area contributed by atoms with Crippen molar-refractivity contribution in [2.45, 2.75) is 46.2 Å². The van der Waals surface area contributed by atoms with E-state index in [1.165, 1.54) is 37.9 Å². The van der Waals surface area contributed by atoms with Gasteiger partial charge in [0.1, 0.15) is 5.76 Å². The maximum atomic E-state index is 5.66. The van der Waals surface area contributed by atoms with Crippen molar-refractivity contribution < 1.29 is 4.42 Å². The molecule has 0 unspecified atom stereocenters. The number of hydrogen-bond donors (Lipinski definition) is 1. The molecule has 1 aromatic rings. The Morgan fingerprint density at radius 1 is 1.35 bits per heavy atom. The van der Waals surface area contributed by atoms with Crippen LogP contribution in [0.1, 0.15) is 44.4 Å². The number of nitrogens with two attached hydrogens (primary N) is 1. The molecule has 1 fully saturated rings. The quantitative estimate of drug-likeness (QED) is 0.877. The molecule has 1 aliphatic rings. The van der Waals surface area contributed by atoms with Gasteiger partial charge in [0, 0.05) is 12.1 Å². The first-order chi connectivity index (χ1) is 8.11. The van der Waals surface area contributed by atoms with Crippen LogP contribution in [-0.2, 0) is 13.1 Å². The van der Waals surface area contributed by atoms with Crippen molar-refractivity contribution in [3.63, 3.8) is 0 Å². The summed E-state index contributed by atoms with van der Waals surface area (Å²) in [5.41, 5.74) is 7.42. The van der Waals surface area contributed by atoms with Gasteiger partial charge in [0.15, 0.2) is 0 Å². The van der Waals surface area contributed by atoms with Crippen molar-refractivity contribution in [1.29, 1.82) is 0 Å². The van der Waals surface area contributed by atoms with Crippen LogP contribution in [0.15, 0.2) is 16.7 Å². The number of nitrogens with zero attached hydrogens (tertiary/aromatic N) is 1. The molecule has 17 heavy (non-hydrogen) atoms. The third-order valence-electron chi connectivity index (χ3n) is 3.85. The predicted octanol–water partition coefficient (Wildman–Crippen LogP) is 2.75. The van der Waals surface area contributed by atoms with Crippen molar-refractivity contribution >= 4 is 0 Å². The highest BCUT2D eigenvalue weighted by Crippen LogP contribution is 2.30. The van der Waals surface area contributed by atoms with Gasteiger partial charge >= 0.3 is 0 Å². The zero-order valence-electron chi connectivity index (χ0n) is 11.0. The predicted molar refractivity (Wildman–Crippen MR) is 69.5 cm³/mol. The second-order valence-electron chi connectivity index (χ2n) is 5.87. The van der Waals surface area contributed by atoms with Crippen LogP contribution in [0.25, 0.3) is 0 Å². The molecule has 2 rings (SSSR count). The summed E-state index contributed by atoms with van der Waals surface area (Å²) in [6, 6.07) is 2.05. The Bertz CT molecular complexity index is 357. The summed E-state index contributed by atoms with van der Waals surface area (Å²) in [7, 11) is 0. The summed E-state index contributed by atoms with van der Waals surface area (Å²) in [4.78, 5) is 2.53. The zero-order chi connectivity index (χ0) is 12.3. The molecule has 1 saturated heterocycles. The van der Waals surface area contributed by atoms with E-state index in [1.54, 1.807) is 6.26 Å². The highest BCUT2D eigenvalue weighted by Gasteiger charge is 2.23. The number of rotatable bonds is 3. The molecule has 0 saturated carbocycles. The first kappa shape index (κ1) is 12.7. The van der Waals surface area contributed by atoms with Crippen LogP contribution in [0, 0.1) is 5.41 Å². The van der Waals surface area contributed by atoms with Gasteiger partial charge in [0.25, 0.3) is 0 Å². The molecule has 0 aromatic carbocycles. The highest BCUT2D eigenvalue weighted by atomic mass is 16.3. The summed E-state index contributed by atoms with van der Waals surface area (Å²) in [6.45, 7) is 8.61. The Balaban J connectivity index is 1.95. The minimum absolute atomic E-state index is 0.502. The van der Waals surface area contributed by atoms with Crippen molar-refractivity contribution in [2.24, 2.45) is 11.1 Å². The molecule has 0 spiro atoms. The summed E-state index contributed by atoms with van der Waals surface area (Å²) in [5, 5.41) is 0. The van der Waals surface area contributed by atoms with Gasteiger partial charge in [-0.25, -0.2) is 0 Å². The second-order valence-corrected chi connectivity index (χ2v) is 5.87. The Kier molecular flexibility index (Phi) is 3.89. The molecular weight excluding hydrogens is 212 g/mol.